The number of aromatic amines is 1. The summed E-state index contributed by atoms with van der Waals surface area (Å²) in [5.74, 6) is 0.237. The standard InChI is InChI=1S/C24H26N6O2/c1-28-11-13-29(14-12-28)19-9-7-17(8-10-19)23(31)25-22-20-15-30(16-21(20)26-27-22)24(32)18-5-3-2-4-6-18/h2-10H,11-16H2,1H3,(H2,25,26,27,31). The highest BCUT2D eigenvalue weighted by atomic mass is 16.2. The molecule has 0 spiro atoms. The second-order valence-corrected chi connectivity index (χ2v) is 8.35. The number of H-pyrrole nitrogens is 1. The number of rotatable bonds is 4. The molecule has 0 radical (unpaired) electrons. The Kier molecular flexibility index (Phi) is 5.36. The Balaban J connectivity index is 1.24. The molecule has 1 fully saturated rings. The van der Waals surface area contributed by atoms with Crippen molar-refractivity contribution < 1.29 is 9.59 Å². The predicted molar refractivity (Wildman–Crippen MR) is 123 cm³/mol. The molecule has 0 saturated carbocycles. The maximum Gasteiger partial charge on any atom is 0.256 e. The zero-order chi connectivity index (χ0) is 22.1. The molecule has 0 unspecified atom stereocenters. The molecule has 0 aliphatic carbocycles. The SMILES string of the molecule is CN1CCN(c2ccc(C(=O)Nc3n[nH]c4c3CN(C(=O)c3ccccc3)C4)cc2)CC1. The highest BCUT2D eigenvalue weighted by Crippen LogP contribution is 2.28. The number of fused-ring (bicyclic) bond motifs is 1. The average molecular weight is 431 g/mol. The number of piperazine rings is 1. The van der Waals surface area contributed by atoms with E-state index in [-0.39, 0.29) is 11.8 Å². The average Bonchev–Trinajstić information content (AvgIpc) is 3.42. The van der Waals surface area contributed by atoms with Crippen LogP contribution in [0.4, 0.5) is 11.5 Å². The molecule has 8 heteroatoms. The van der Waals surface area contributed by atoms with Gasteiger partial charge in [0, 0.05) is 48.6 Å². The maximum atomic E-state index is 12.8. The number of nitrogens with one attached hydrogen (secondary N) is 2. The van der Waals surface area contributed by atoms with Crippen LogP contribution in [0.5, 0.6) is 0 Å². The number of anilines is 2. The fourth-order valence-electron chi connectivity index (χ4n) is 4.22. The molecule has 3 heterocycles. The molecule has 1 saturated heterocycles. The third kappa shape index (κ3) is 3.97. The van der Waals surface area contributed by atoms with Gasteiger partial charge in [-0.15, -0.1) is 0 Å². The summed E-state index contributed by atoms with van der Waals surface area (Å²) < 4.78 is 0. The first-order chi connectivity index (χ1) is 15.6. The highest BCUT2D eigenvalue weighted by Gasteiger charge is 2.29. The molecule has 0 atom stereocenters. The number of carbonyl (C=O) groups is 2. The van der Waals surface area contributed by atoms with Crippen molar-refractivity contribution in [2.45, 2.75) is 13.1 Å². The molecular formula is C24H26N6O2. The van der Waals surface area contributed by atoms with Crippen LogP contribution in [0.15, 0.2) is 54.6 Å². The van der Waals surface area contributed by atoms with Crippen LogP contribution in [-0.4, -0.2) is 65.0 Å². The first kappa shape index (κ1) is 20.3. The third-order valence-electron chi connectivity index (χ3n) is 6.19. The van der Waals surface area contributed by atoms with E-state index in [1.165, 1.54) is 0 Å². The van der Waals surface area contributed by atoms with E-state index in [2.05, 4.69) is 32.4 Å². The van der Waals surface area contributed by atoms with E-state index in [1.807, 2.05) is 54.6 Å². The molecule has 2 aliphatic heterocycles. The van der Waals surface area contributed by atoms with Crippen molar-refractivity contribution >= 4 is 23.3 Å². The summed E-state index contributed by atoms with van der Waals surface area (Å²) in [6.45, 7) is 4.91. The molecule has 0 bridgehead atoms. The number of amides is 2. The van der Waals surface area contributed by atoms with Crippen LogP contribution < -0.4 is 10.2 Å². The number of likely N-dealkylation sites (N-methyl/N-ethyl adjacent to an activating group) is 1. The number of hydrogen-bond acceptors (Lipinski definition) is 5. The Hall–Kier alpha value is -3.65. The van der Waals surface area contributed by atoms with Crippen LogP contribution in [-0.2, 0) is 13.1 Å². The topological polar surface area (TPSA) is 84.6 Å². The summed E-state index contributed by atoms with van der Waals surface area (Å²) in [4.78, 5) is 32.0. The Morgan fingerprint density at radius 2 is 1.62 bits per heavy atom. The zero-order valence-corrected chi connectivity index (χ0v) is 18.0. The largest absolute Gasteiger partial charge is 0.369 e. The lowest BCUT2D eigenvalue weighted by molar-refractivity contribution is 0.0749. The van der Waals surface area contributed by atoms with E-state index < -0.39 is 0 Å². The van der Waals surface area contributed by atoms with Gasteiger partial charge >= 0.3 is 0 Å². The summed E-state index contributed by atoms with van der Waals surface area (Å²) in [7, 11) is 2.13. The van der Waals surface area contributed by atoms with Crippen molar-refractivity contribution in [3.05, 3.63) is 77.0 Å². The second-order valence-electron chi connectivity index (χ2n) is 8.35. The Labute approximate surface area is 186 Å². The number of aromatic nitrogens is 2. The summed E-state index contributed by atoms with van der Waals surface area (Å²) in [6.07, 6.45) is 0. The Bertz CT molecular complexity index is 1120. The van der Waals surface area contributed by atoms with Gasteiger partial charge in [0.25, 0.3) is 11.8 Å². The fourth-order valence-corrected chi connectivity index (χ4v) is 4.22. The van der Waals surface area contributed by atoms with Gasteiger partial charge in [0.1, 0.15) is 0 Å². The summed E-state index contributed by atoms with van der Waals surface area (Å²) in [5.41, 5.74) is 4.07. The van der Waals surface area contributed by atoms with Gasteiger partial charge in [0.15, 0.2) is 5.82 Å². The zero-order valence-electron chi connectivity index (χ0n) is 18.0. The quantitative estimate of drug-likeness (QED) is 0.665. The summed E-state index contributed by atoms with van der Waals surface area (Å²) in [5, 5.41) is 10.1. The molecule has 2 aromatic carbocycles. The molecule has 2 aliphatic rings. The molecule has 3 aromatic rings. The van der Waals surface area contributed by atoms with Gasteiger partial charge in [-0.3, -0.25) is 14.7 Å². The van der Waals surface area contributed by atoms with E-state index in [9.17, 15) is 9.59 Å². The van der Waals surface area contributed by atoms with Gasteiger partial charge in [0.2, 0.25) is 0 Å². The van der Waals surface area contributed by atoms with Gasteiger partial charge in [0.05, 0.1) is 18.8 Å². The number of carbonyl (C=O) groups excluding carboxylic acids is 2. The molecule has 164 valence electrons. The van der Waals surface area contributed by atoms with Crippen molar-refractivity contribution in [2.24, 2.45) is 0 Å². The number of benzene rings is 2. The van der Waals surface area contributed by atoms with Crippen LogP contribution in [0, 0.1) is 0 Å². The van der Waals surface area contributed by atoms with Crippen LogP contribution in [0.2, 0.25) is 0 Å². The third-order valence-corrected chi connectivity index (χ3v) is 6.19. The number of hydrogen-bond donors (Lipinski definition) is 2. The monoisotopic (exact) mass is 430 g/mol. The van der Waals surface area contributed by atoms with E-state index in [1.54, 1.807) is 4.90 Å². The summed E-state index contributed by atoms with van der Waals surface area (Å²) in [6, 6.07) is 16.9. The minimum Gasteiger partial charge on any atom is -0.369 e. The predicted octanol–water partition coefficient (Wildman–Crippen LogP) is 2.57. The van der Waals surface area contributed by atoms with Crippen LogP contribution in [0.3, 0.4) is 0 Å². The van der Waals surface area contributed by atoms with Crippen molar-refractivity contribution in [1.82, 2.24) is 20.0 Å². The van der Waals surface area contributed by atoms with Crippen molar-refractivity contribution in [2.75, 3.05) is 43.4 Å². The first-order valence-electron chi connectivity index (χ1n) is 10.8. The van der Waals surface area contributed by atoms with Crippen LogP contribution >= 0.6 is 0 Å². The molecule has 1 aromatic heterocycles. The normalized spacial score (nSPS) is 16.2. The molecule has 5 rings (SSSR count). The lowest BCUT2D eigenvalue weighted by Gasteiger charge is -2.34. The van der Waals surface area contributed by atoms with Crippen LogP contribution in [0.25, 0.3) is 0 Å². The Morgan fingerprint density at radius 1 is 0.906 bits per heavy atom. The molecular weight excluding hydrogens is 404 g/mol. The van der Waals surface area contributed by atoms with Gasteiger partial charge in [-0.05, 0) is 43.4 Å². The van der Waals surface area contributed by atoms with Gasteiger partial charge in [-0.2, -0.15) is 5.10 Å². The van der Waals surface area contributed by atoms with Crippen molar-refractivity contribution in [3.8, 4) is 0 Å². The summed E-state index contributed by atoms with van der Waals surface area (Å²) >= 11 is 0. The minimum absolute atomic E-state index is 0.0352. The fraction of sp³-hybridized carbons (Fsp3) is 0.292. The Morgan fingerprint density at radius 3 is 2.34 bits per heavy atom. The second kappa shape index (κ2) is 8.47. The van der Waals surface area contributed by atoms with E-state index in [0.29, 0.717) is 30.0 Å². The van der Waals surface area contributed by atoms with Crippen molar-refractivity contribution in [1.29, 1.82) is 0 Å². The molecule has 32 heavy (non-hydrogen) atoms. The lowest BCUT2D eigenvalue weighted by atomic mass is 10.1. The molecule has 2 amide bonds. The van der Waals surface area contributed by atoms with Crippen LogP contribution in [0.1, 0.15) is 32.0 Å². The van der Waals surface area contributed by atoms with E-state index in [4.69, 9.17) is 0 Å². The maximum absolute atomic E-state index is 12.8. The van der Waals surface area contributed by atoms with E-state index in [0.717, 1.165) is 43.1 Å². The van der Waals surface area contributed by atoms with Gasteiger partial charge in [-0.1, -0.05) is 18.2 Å². The van der Waals surface area contributed by atoms with Gasteiger partial charge < -0.3 is 20.0 Å². The highest BCUT2D eigenvalue weighted by molar-refractivity contribution is 6.04. The smallest absolute Gasteiger partial charge is 0.256 e. The molecule has 2 N–H and O–H groups in total. The van der Waals surface area contributed by atoms with E-state index >= 15 is 0 Å². The lowest BCUT2D eigenvalue weighted by Crippen LogP contribution is -2.44. The van der Waals surface area contributed by atoms with Crippen molar-refractivity contribution in [3.63, 3.8) is 0 Å². The minimum atomic E-state index is -0.211. The number of nitrogens with zero attached hydrogens (tertiary/aromatic N) is 4. The first-order valence-corrected chi connectivity index (χ1v) is 10.8. The molecule has 8 nitrogen and oxygen atoms in total. The van der Waals surface area contributed by atoms with Gasteiger partial charge in [-0.25, -0.2) is 0 Å².